The Hall–Kier alpha value is -3.18. The zero-order valence-electron chi connectivity index (χ0n) is 18.3. The van der Waals surface area contributed by atoms with Gasteiger partial charge in [-0.3, -0.25) is 9.59 Å². The summed E-state index contributed by atoms with van der Waals surface area (Å²) < 4.78 is 0. The third kappa shape index (κ3) is 4.93. The Morgan fingerprint density at radius 1 is 1.21 bits per heavy atom. The molecule has 3 atom stereocenters. The largest absolute Gasteiger partial charge is 0.351 e. The first-order chi connectivity index (χ1) is 16.1. The summed E-state index contributed by atoms with van der Waals surface area (Å²) in [5.74, 6) is 0.0418. The van der Waals surface area contributed by atoms with Crippen molar-refractivity contribution in [2.75, 3.05) is 0 Å². The van der Waals surface area contributed by atoms with E-state index >= 15 is 0 Å². The maximum absolute atomic E-state index is 13.2. The number of thiazole rings is 1. The van der Waals surface area contributed by atoms with Gasteiger partial charge >= 0.3 is 0 Å². The van der Waals surface area contributed by atoms with E-state index in [1.807, 2.05) is 29.8 Å². The predicted molar refractivity (Wildman–Crippen MR) is 127 cm³/mol. The van der Waals surface area contributed by atoms with Gasteiger partial charge in [0.05, 0.1) is 17.3 Å². The molecule has 3 N–H and O–H groups in total. The SMILES string of the molecule is N#CC(CC1CCCc2scnc21)NC(=O)C(CC1CC1)NC(=O)c1cc2ccccc2[nH]1. The Bertz CT molecular complexity index is 1170. The summed E-state index contributed by atoms with van der Waals surface area (Å²) in [5, 5.41) is 16.5. The van der Waals surface area contributed by atoms with E-state index < -0.39 is 12.1 Å². The van der Waals surface area contributed by atoms with Gasteiger partial charge in [-0.25, -0.2) is 4.98 Å². The number of carbonyl (C=O) groups excluding carboxylic acids is 2. The van der Waals surface area contributed by atoms with Crippen LogP contribution in [0.4, 0.5) is 0 Å². The average Bonchev–Trinajstić information content (AvgIpc) is 3.33. The number of nitriles is 1. The van der Waals surface area contributed by atoms with Gasteiger partial charge < -0.3 is 15.6 Å². The van der Waals surface area contributed by atoms with E-state index in [-0.39, 0.29) is 17.7 Å². The van der Waals surface area contributed by atoms with Crippen molar-refractivity contribution < 1.29 is 9.59 Å². The first kappa shape index (κ1) is 21.7. The van der Waals surface area contributed by atoms with E-state index in [2.05, 4.69) is 26.7 Å². The van der Waals surface area contributed by atoms with Crippen LogP contribution in [0.5, 0.6) is 0 Å². The number of aryl methyl sites for hydroxylation is 1. The van der Waals surface area contributed by atoms with Gasteiger partial charge in [0.2, 0.25) is 5.91 Å². The number of hydrogen-bond donors (Lipinski definition) is 3. The summed E-state index contributed by atoms with van der Waals surface area (Å²) in [5.41, 5.74) is 4.26. The molecule has 1 saturated carbocycles. The number of nitrogens with zero attached hydrogens (tertiary/aromatic N) is 2. The van der Waals surface area contributed by atoms with E-state index in [0.29, 0.717) is 24.5 Å². The molecule has 1 fully saturated rings. The summed E-state index contributed by atoms with van der Waals surface area (Å²) in [6.45, 7) is 0. The Balaban J connectivity index is 1.25. The monoisotopic (exact) mass is 461 g/mol. The van der Waals surface area contributed by atoms with Crippen LogP contribution in [0.3, 0.4) is 0 Å². The summed E-state index contributed by atoms with van der Waals surface area (Å²) in [6, 6.07) is 10.5. The maximum atomic E-state index is 13.2. The van der Waals surface area contributed by atoms with Crippen molar-refractivity contribution >= 4 is 34.1 Å². The van der Waals surface area contributed by atoms with Gasteiger partial charge in [0.25, 0.3) is 5.91 Å². The molecule has 0 bridgehead atoms. The van der Waals surface area contributed by atoms with Crippen molar-refractivity contribution in [3.8, 4) is 6.07 Å². The molecule has 2 amide bonds. The lowest BCUT2D eigenvalue weighted by Crippen LogP contribution is -2.50. The maximum Gasteiger partial charge on any atom is 0.268 e. The molecule has 2 aliphatic rings. The standard InChI is InChI=1S/C25H27N5O2S/c26-13-18(11-17-5-3-7-22-23(17)27-14-33-22)28-24(31)20(10-15-8-9-15)30-25(32)21-12-16-4-1-2-6-19(16)29-21/h1-2,4,6,12,14-15,17-18,20,29H,3,5,7-11H2,(H,28,31)(H,30,32). The first-order valence-corrected chi connectivity index (χ1v) is 12.5. The number of nitrogens with one attached hydrogen (secondary N) is 3. The Kier molecular flexibility index (Phi) is 6.14. The highest BCUT2D eigenvalue weighted by Crippen LogP contribution is 2.36. The molecule has 0 spiro atoms. The topological polar surface area (TPSA) is 111 Å². The van der Waals surface area contributed by atoms with Crippen molar-refractivity contribution in [1.29, 1.82) is 5.26 Å². The second-order valence-electron chi connectivity index (χ2n) is 9.15. The van der Waals surface area contributed by atoms with Crippen LogP contribution in [0, 0.1) is 17.2 Å². The number of rotatable bonds is 8. The lowest BCUT2D eigenvalue weighted by Gasteiger charge is -2.25. The number of hydrogen-bond acceptors (Lipinski definition) is 5. The van der Waals surface area contributed by atoms with Crippen molar-refractivity contribution in [1.82, 2.24) is 20.6 Å². The fourth-order valence-electron chi connectivity index (χ4n) is 4.73. The molecule has 0 aliphatic heterocycles. The molecule has 0 radical (unpaired) electrons. The minimum absolute atomic E-state index is 0.188. The molecule has 5 rings (SSSR count). The zero-order chi connectivity index (χ0) is 22.8. The minimum Gasteiger partial charge on any atom is -0.351 e. The molecule has 7 nitrogen and oxygen atoms in total. The Morgan fingerprint density at radius 2 is 2.06 bits per heavy atom. The number of aromatic amines is 1. The highest BCUT2D eigenvalue weighted by molar-refractivity contribution is 7.09. The highest BCUT2D eigenvalue weighted by atomic mass is 32.1. The zero-order valence-corrected chi connectivity index (χ0v) is 19.2. The van der Waals surface area contributed by atoms with E-state index in [4.69, 9.17) is 0 Å². The van der Waals surface area contributed by atoms with Gasteiger partial charge in [-0.05, 0) is 50.2 Å². The molecular formula is C25H27N5O2S. The molecule has 2 heterocycles. The second kappa shape index (κ2) is 9.36. The molecule has 8 heteroatoms. The van der Waals surface area contributed by atoms with Crippen LogP contribution in [0.15, 0.2) is 35.8 Å². The van der Waals surface area contributed by atoms with E-state index in [0.717, 1.165) is 48.7 Å². The molecule has 2 aromatic heterocycles. The lowest BCUT2D eigenvalue weighted by atomic mass is 9.86. The molecule has 33 heavy (non-hydrogen) atoms. The van der Waals surface area contributed by atoms with Crippen LogP contribution in [0.1, 0.15) is 65.5 Å². The second-order valence-corrected chi connectivity index (χ2v) is 10.1. The smallest absolute Gasteiger partial charge is 0.268 e. The number of carbonyl (C=O) groups is 2. The third-order valence-electron chi connectivity index (χ3n) is 6.67. The van der Waals surface area contributed by atoms with Crippen molar-refractivity contribution in [3.05, 3.63) is 52.1 Å². The van der Waals surface area contributed by atoms with Crippen molar-refractivity contribution in [2.24, 2.45) is 5.92 Å². The van der Waals surface area contributed by atoms with E-state index in [1.54, 1.807) is 17.4 Å². The van der Waals surface area contributed by atoms with Gasteiger partial charge in [0, 0.05) is 21.7 Å². The van der Waals surface area contributed by atoms with Gasteiger partial charge in [-0.2, -0.15) is 5.26 Å². The fourth-order valence-corrected chi connectivity index (χ4v) is 5.62. The molecule has 0 saturated heterocycles. The number of H-pyrrole nitrogens is 1. The molecule has 3 aromatic rings. The number of aromatic nitrogens is 2. The van der Waals surface area contributed by atoms with Gasteiger partial charge in [0.15, 0.2) is 0 Å². The number of fused-ring (bicyclic) bond motifs is 2. The minimum atomic E-state index is -0.659. The number of para-hydroxylation sites is 1. The van der Waals surface area contributed by atoms with Crippen LogP contribution >= 0.6 is 11.3 Å². The summed E-state index contributed by atoms with van der Waals surface area (Å²) in [7, 11) is 0. The quantitative estimate of drug-likeness (QED) is 0.470. The van der Waals surface area contributed by atoms with E-state index in [9.17, 15) is 14.9 Å². The first-order valence-electron chi connectivity index (χ1n) is 11.6. The van der Waals surface area contributed by atoms with Crippen LogP contribution in [0.2, 0.25) is 0 Å². The lowest BCUT2D eigenvalue weighted by molar-refractivity contribution is -0.123. The summed E-state index contributed by atoms with van der Waals surface area (Å²) >= 11 is 1.67. The van der Waals surface area contributed by atoms with Crippen molar-refractivity contribution in [3.63, 3.8) is 0 Å². The Morgan fingerprint density at radius 3 is 2.85 bits per heavy atom. The van der Waals surface area contributed by atoms with Gasteiger partial charge in [0.1, 0.15) is 17.8 Å². The van der Waals surface area contributed by atoms with Gasteiger partial charge in [-0.1, -0.05) is 31.0 Å². The van der Waals surface area contributed by atoms with Crippen LogP contribution in [-0.4, -0.2) is 33.9 Å². The third-order valence-corrected chi connectivity index (χ3v) is 7.58. The van der Waals surface area contributed by atoms with Gasteiger partial charge in [-0.15, -0.1) is 11.3 Å². The molecule has 2 aliphatic carbocycles. The average molecular weight is 462 g/mol. The van der Waals surface area contributed by atoms with E-state index in [1.165, 1.54) is 4.88 Å². The molecule has 1 aromatic carbocycles. The molecular weight excluding hydrogens is 434 g/mol. The summed E-state index contributed by atoms with van der Waals surface area (Å²) in [4.78, 5) is 35.0. The number of amides is 2. The highest BCUT2D eigenvalue weighted by Gasteiger charge is 2.33. The molecule has 3 unspecified atom stereocenters. The summed E-state index contributed by atoms with van der Waals surface area (Å²) in [6.07, 6.45) is 6.39. The predicted octanol–water partition coefficient (Wildman–Crippen LogP) is 4.04. The fraction of sp³-hybridized carbons (Fsp3) is 0.440. The van der Waals surface area contributed by atoms with Crippen LogP contribution < -0.4 is 10.6 Å². The molecule has 170 valence electrons. The Labute approximate surface area is 196 Å². The van der Waals surface area contributed by atoms with Crippen LogP contribution in [-0.2, 0) is 11.2 Å². The van der Waals surface area contributed by atoms with Crippen LogP contribution in [0.25, 0.3) is 10.9 Å². The van der Waals surface area contributed by atoms with Crippen molar-refractivity contribution in [2.45, 2.75) is 62.9 Å². The normalized spacial score (nSPS) is 19.3. The number of benzene rings is 1.